The summed E-state index contributed by atoms with van der Waals surface area (Å²) in [7, 11) is 3.95. The average Bonchev–Trinajstić information content (AvgIpc) is 3.20. The molecular formula is C26H28N2O5. The van der Waals surface area contributed by atoms with E-state index in [-0.39, 0.29) is 17.6 Å². The van der Waals surface area contributed by atoms with Crippen LogP contribution in [0.1, 0.15) is 39.3 Å². The van der Waals surface area contributed by atoms with Crippen LogP contribution >= 0.6 is 0 Å². The molecule has 7 heteroatoms. The van der Waals surface area contributed by atoms with Gasteiger partial charge in [-0.05, 0) is 51.2 Å². The van der Waals surface area contributed by atoms with Crippen molar-refractivity contribution in [3.8, 4) is 11.5 Å². The number of rotatable bonds is 5. The fourth-order valence-electron chi connectivity index (χ4n) is 4.67. The van der Waals surface area contributed by atoms with E-state index in [4.69, 9.17) is 13.9 Å². The Morgan fingerprint density at radius 2 is 1.73 bits per heavy atom. The standard InChI is InChI=1S/C26H28N2O5/c1-27(2)16-20-19-5-3-4-6-21(19)33-25(20)26(30)28-11-9-17(10-12-28)24(29)18-7-8-22-23(15-18)32-14-13-31-22/h3-8,15,17H,9-14,16H2,1-2H3. The maximum Gasteiger partial charge on any atom is 0.289 e. The first-order valence-corrected chi connectivity index (χ1v) is 11.4. The first kappa shape index (κ1) is 21.5. The smallest absolute Gasteiger partial charge is 0.289 e. The van der Waals surface area contributed by atoms with Gasteiger partial charge in [-0.1, -0.05) is 18.2 Å². The highest BCUT2D eigenvalue weighted by Gasteiger charge is 2.32. The SMILES string of the molecule is CN(C)Cc1c(C(=O)N2CCC(C(=O)c3ccc4c(c3)OCCO4)CC2)oc2ccccc12. The number of para-hydroxylation sites is 1. The largest absolute Gasteiger partial charge is 0.486 e. The van der Waals surface area contributed by atoms with Crippen LogP contribution in [0.3, 0.4) is 0 Å². The van der Waals surface area contributed by atoms with E-state index in [1.807, 2.05) is 48.2 Å². The second kappa shape index (κ2) is 8.90. The summed E-state index contributed by atoms with van der Waals surface area (Å²) in [5.74, 6) is 1.58. The van der Waals surface area contributed by atoms with E-state index in [0.29, 0.717) is 68.5 Å². The van der Waals surface area contributed by atoms with Crippen molar-refractivity contribution in [2.24, 2.45) is 5.92 Å². The number of hydrogen-bond donors (Lipinski definition) is 0. The monoisotopic (exact) mass is 448 g/mol. The number of likely N-dealkylation sites (tertiary alicyclic amines) is 1. The van der Waals surface area contributed by atoms with Gasteiger partial charge in [0.2, 0.25) is 0 Å². The van der Waals surface area contributed by atoms with Crippen LogP contribution in [0.25, 0.3) is 11.0 Å². The molecular weight excluding hydrogens is 420 g/mol. The third-order valence-electron chi connectivity index (χ3n) is 6.35. The van der Waals surface area contributed by atoms with Crippen molar-refractivity contribution in [2.75, 3.05) is 40.4 Å². The van der Waals surface area contributed by atoms with Crippen molar-refractivity contribution in [2.45, 2.75) is 19.4 Å². The number of carbonyl (C=O) groups excluding carboxylic acids is 2. The summed E-state index contributed by atoms with van der Waals surface area (Å²) in [6.45, 7) is 2.69. The normalized spacial score (nSPS) is 16.4. The number of ketones is 1. The second-order valence-electron chi connectivity index (χ2n) is 8.93. The second-order valence-corrected chi connectivity index (χ2v) is 8.93. The van der Waals surface area contributed by atoms with Gasteiger partial charge in [-0.2, -0.15) is 0 Å². The summed E-state index contributed by atoms with van der Waals surface area (Å²) in [5, 5.41) is 0.971. The Kier molecular flexibility index (Phi) is 5.81. The third-order valence-corrected chi connectivity index (χ3v) is 6.35. The molecule has 0 spiro atoms. The summed E-state index contributed by atoms with van der Waals surface area (Å²) in [5.41, 5.74) is 2.27. The van der Waals surface area contributed by atoms with E-state index in [1.54, 1.807) is 18.2 Å². The van der Waals surface area contributed by atoms with Crippen LogP contribution in [0.15, 0.2) is 46.9 Å². The Morgan fingerprint density at radius 3 is 2.48 bits per heavy atom. The van der Waals surface area contributed by atoms with Crippen LogP contribution in [0.2, 0.25) is 0 Å². The molecule has 3 heterocycles. The van der Waals surface area contributed by atoms with Gasteiger partial charge in [0.05, 0.1) is 0 Å². The van der Waals surface area contributed by atoms with Crippen LogP contribution in [-0.2, 0) is 6.54 Å². The fraction of sp³-hybridized carbons (Fsp3) is 0.385. The Balaban J connectivity index is 1.29. The lowest BCUT2D eigenvalue weighted by molar-refractivity contribution is 0.0624. The molecule has 0 N–H and O–H groups in total. The number of carbonyl (C=O) groups is 2. The van der Waals surface area contributed by atoms with Gasteiger partial charge in [-0.15, -0.1) is 0 Å². The lowest BCUT2D eigenvalue weighted by atomic mass is 9.88. The number of piperidine rings is 1. The van der Waals surface area contributed by atoms with E-state index in [9.17, 15) is 9.59 Å². The Morgan fingerprint density at radius 1 is 1.00 bits per heavy atom. The molecule has 0 atom stereocenters. The number of amides is 1. The summed E-state index contributed by atoms with van der Waals surface area (Å²) in [4.78, 5) is 30.3. The van der Waals surface area contributed by atoms with Crippen LogP contribution in [0.5, 0.6) is 11.5 Å². The quantitative estimate of drug-likeness (QED) is 0.550. The van der Waals surface area contributed by atoms with E-state index in [2.05, 4.69) is 0 Å². The average molecular weight is 449 g/mol. The zero-order valence-corrected chi connectivity index (χ0v) is 19.0. The van der Waals surface area contributed by atoms with Gasteiger partial charge in [0.25, 0.3) is 5.91 Å². The van der Waals surface area contributed by atoms with Crippen molar-refractivity contribution in [3.63, 3.8) is 0 Å². The van der Waals surface area contributed by atoms with Crippen molar-refractivity contribution in [3.05, 3.63) is 59.4 Å². The van der Waals surface area contributed by atoms with Crippen LogP contribution in [0.4, 0.5) is 0 Å². The maximum absolute atomic E-state index is 13.4. The molecule has 172 valence electrons. The van der Waals surface area contributed by atoms with Crippen LogP contribution < -0.4 is 9.47 Å². The molecule has 7 nitrogen and oxygen atoms in total. The fourth-order valence-corrected chi connectivity index (χ4v) is 4.67. The van der Waals surface area contributed by atoms with Gasteiger partial charge in [0, 0.05) is 42.1 Å². The number of Topliss-reactive ketones (excluding diaryl/α,β-unsaturated/α-hetero) is 1. The van der Waals surface area contributed by atoms with E-state index in [0.717, 1.165) is 16.5 Å². The highest BCUT2D eigenvalue weighted by molar-refractivity contribution is 6.00. The van der Waals surface area contributed by atoms with Crippen molar-refractivity contribution in [1.82, 2.24) is 9.80 Å². The lowest BCUT2D eigenvalue weighted by Crippen LogP contribution is -2.40. The van der Waals surface area contributed by atoms with Crippen molar-refractivity contribution < 1.29 is 23.5 Å². The van der Waals surface area contributed by atoms with Crippen LogP contribution in [-0.4, -0.2) is 61.9 Å². The highest BCUT2D eigenvalue weighted by Crippen LogP contribution is 2.33. The molecule has 2 aliphatic rings. The minimum Gasteiger partial charge on any atom is -0.486 e. The molecule has 0 bridgehead atoms. The molecule has 0 radical (unpaired) electrons. The maximum atomic E-state index is 13.4. The van der Waals surface area contributed by atoms with Crippen molar-refractivity contribution in [1.29, 1.82) is 0 Å². The first-order chi connectivity index (χ1) is 16.0. The molecule has 2 aliphatic heterocycles. The molecule has 0 unspecified atom stereocenters. The van der Waals surface area contributed by atoms with Crippen molar-refractivity contribution >= 4 is 22.7 Å². The van der Waals surface area contributed by atoms with E-state index in [1.165, 1.54) is 0 Å². The molecule has 5 rings (SSSR count). The molecule has 1 saturated heterocycles. The van der Waals surface area contributed by atoms with Gasteiger partial charge in [-0.3, -0.25) is 9.59 Å². The predicted molar refractivity (Wildman–Crippen MR) is 124 cm³/mol. The highest BCUT2D eigenvalue weighted by atomic mass is 16.6. The molecule has 1 fully saturated rings. The van der Waals surface area contributed by atoms with Gasteiger partial charge < -0.3 is 23.7 Å². The Labute approximate surface area is 192 Å². The molecule has 0 saturated carbocycles. The molecule has 1 aromatic heterocycles. The predicted octanol–water partition coefficient (Wildman–Crippen LogP) is 4.00. The van der Waals surface area contributed by atoms with Gasteiger partial charge in [0.15, 0.2) is 23.0 Å². The summed E-state index contributed by atoms with van der Waals surface area (Å²) >= 11 is 0. The van der Waals surface area contributed by atoms with Gasteiger partial charge in [0.1, 0.15) is 18.8 Å². The summed E-state index contributed by atoms with van der Waals surface area (Å²) < 4.78 is 17.2. The molecule has 0 aliphatic carbocycles. The van der Waals surface area contributed by atoms with E-state index < -0.39 is 0 Å². The lowest BCUT2D eigenvalue weighted by Gasteiger charge is -2.31. The minimum atomic E-state index is -0.117. The number of nitrogens with zero attached hydrogens (tertiary/aromatic N) is 2. The number of fused-ring (bicyclic) bond motifs is 2. The number of furan rings is 1. The summed E-state index contributed by atoms with van der Waals surface area (Å²) in [6.07, 6.45) is 1.25. The zero-order valence-electron chi connectivity index (χ0n) is 19.0. The number of benzene rings is 2. The molecule has 3 aromatic rings. The molecule has 2 aromatic carbocycles. The Hall–Kier alpha value is -3.32. The number of ether oxygens (including phenoxy) is 2. The zero-order chi connectivity index (χ0) is 22.9. The third kappa shape index (κ3) is 4.20. The topological polar surface area (TPSA) is 72.2 Å². The first-order valence-electron chi connectivity index (χ1n) is 11.4. The van der Waals surface area contributed by atoms with E-state index >= 15 is 0 Å². The molecule has 33 heavy (non-hydrogen) atoms. The van der Waals surface area contributed by atoms with Gasteiger partial charge >= 0.3 is 0 Å². The number of hydrogen-bond acceptors (Lipinski definition) is 6. The summed E-state index contributed by atoms with van der Waals surface area (Å²) in [6, 6.07) is 13.1. The van der Waals surface area contributed by atoms with Gasteiger partial charge in [-0.25, -0.2) is 0 Å². The van der Waals surface area contributed by atoms with Crippen LogP contribution in [0, 0.1) is 5.92 Å². The molecule has 1 amide bonds. The minimum absolute atomic E-state index is 0.0936. The Bertz CT molecular complexity index is 1190.